The number of benzene rings is 1. The maximum Gasteiger partial charge on any atom is 0.264 e. The lowest BCUT2D eigenvalue weighted by Gasteiger charge is -2.24. The van der Waals surface area contributed by atoms with Crippen molar-refractivity contribution in [3.8, 4) is 12.3 Å². The Morgan fingerprint density at radius 2 is 2.00 bits per heavy atom. The molecule has 0 bridgehead atoms. The van der Waals surface area contributed by atoms with Gasteiger partial charge >= 0.3 is 0 Å². The van der Waals surface area contributed by atoms with Crippen LogP contribution in [0.15, 0.2) is 18.2 Å². The number of terminal acetylenes is 1. The molecular formula is C21H25N3O6. The van der Waals surface area contributed by atoms with Gasteiger partial charge in [0.2, 0.25) is 5.91 Å². The summed E-state index contributed by atoms with van der Waals surface area (Å²) >= 11 is 0. The fraction of sp³-hybridized carbons (Fsp3) is 0.429. The maximum absolute atomic E-state index is 13.0. The van der Waals surface area contributed by atoms with Gasteiger partial charge in [0.05, 0.1) is 30.9 Å². The number of likely N-dealkylation sites (N-methyl/N-ethyl adjacent to an activating group) is 1. The second-order valence-corrected chi connectivity index (χ2v) is 6.38. The molecule has 1 atom stereocenters. The standard InChI is InChI=1S/C21H25N3O6/c1-3-11-29-13-14-30-12-9-23-16-7-4-6-15-18(16)21(28)24(20(15)27)17(8-5-10-25)19(26)22-2/h1,4,6-7,10,17,23H,5,8-9,11-14H2,2H3,(H,22,26). The predicted molar refractivity (Wildman–Crippen MR) is 109 cm³/mol. The van der Waals surface area contributed by atoms with Gasteiger partial charge in [-0.3, -0.25) is 19.3 Å². The molecule has 0 spiro atoms. The summed E-state index contributed by atoms with van der Waals surface area (Å²) < 4.78 is 10.5. The molecule has 1 aromatic rings. The SMILES string of the molecule is C#CCOCCOCCNc1cccc2c1C(=O)N(C(CCC=O)C(=O)NC)C2=O. The smallest absolute Gasteiger partial charge is 0.264 e. The van der Waals surface area contributed by atoms with Crippen LogP contribution in [-0.4, -0.2) is 75.0 Å². The van der Waals surface area contributed by atoms with Crippen LogP contribution in [0.2, 0.25) is 0 Å². The van der Waals surface area contributed by atoms with E-state index in [0.29, 0.717) is 38.3 Å². The molecule has 1 aromatic carbocycles. The van der Waals surface area contributed by atoms with Crippen molar-refractivity contribution < 1.29 is 28.7 Å². The first-order chi connectivity index (χ1) is 14.6. The van der Waals surface area contributed by atoms with Crippen molar-refractivity contribution in [1.82, 2.24) is 10.2 Å². The first-order valence-corrected chi connectivity index (χ1v) is 9.55. The number of ether oxygens (including phenoxy) is 2. The van der Waals surface area contributed by atoms with Crippen LogP contribution in [0.1, 0.15) is 33.6 Å². The fourth-order valence-corrected chi connectivity index (χ4v) is 3.11. The van der Waals surface area contributed by atoms with Gasteiger partial charge in [-0.15, -0.1) is 6.42 Å². The normalized spacial score (nSPS) is 13.5. The molecule has 0 aromatic heterocycles. The molecule has 1 heterocycles. The molecule has 1 aliphatic rings. The average Bonchev–Trinajstić information content (AvgIpc) is 3.01. The van der Waals surface area contributed by atoms with E-state index in [0.717, 1.165) is 4.90 Å². The van der Waals surface area contributed by atoms with Crippen LogP contribution in [0.5, 0.6) is 0 Å². The third-order valence-electron chi connectivity index (χ3n) is 4.48. The molecule has 0 aliphatic carbocycles. The summed E-state index contributed by atoms with van der Waals surface area (Å²) in [5, 5.41) is 5.53. The van der Waals surface area contributed by atoms with Crippen molar-refractivity contribution in [3.05, 3.63) is 29.3 Å². The van der Waals surface area contributed by atoms with E-state index in [1.807, 2.05) is 0 Å². The van der Waals surface area contributed by atoms with Crippen molar-refractivity contribution in [2.45, 2.75) is 18.9 Å². The van der Waals surface area contributed by atoms with Gasteiger partial charge in [0.15, 0.2) is 0 Å². The van der Waals surface area contributed by atoms with Crippen molar-refractivity contribution in [3.63, 3.8) is 0 Å². The zero-order valence-corrected chi connectivity index (χ0v) is 16.8. The van der Waals surface area contributed by atoms with Crippen LogP contribution in [0.4, 0.5) is 5.69 Å². The molecule has 0 saturated carbocycles. The van der Waals surface area contributed by atoms with Gasteiger partial charge in [0.25, 0.3) is 11.8 Å². The molecular weight excluding hydrogens is 390 g/mol. The van der Waals surface area contributed by atoms with E-state index in [4.69, 9.17) is 15.9 Å². The number of rotatable bonds is 13. The number of carbonyl (C=O) groups excluding carboxylic acids is 4. The number of carbonyl (C=O) groups is 4. The summed E-state index contributed by atoms with van der Waals surface area (Å²) in [7, 11) is 1.42. The number of fused-ring (bicyclic) bond motifs is 1. The molecule has 0 radical (unpaired) electrons. The van der Waals surface area contributed by atoms with E-state index in [-0.39, 0.29) is 30.6 Å². The van der Waals surface area contributed by atoms with Crippen molar-refractivity contribution in [1.29, 1.82) is 0 Å². The van der Waals surface area contributed by atoms with Gasteiger partial charge in [-0.1, -0.05) is 12.0 Å². The first kappa shape index (κ1) is 23.1. The Labute approximate surface area is 175 Å². The topological polar surface area (TPSA) is 114 Å². The van der Waals surface area contributed by atoms with Crippen LogP contribution in [0, 0.1) is 12.3 Å². The zero-order chi connectivity index (χ0) is 21.9. The Hall–Kier alpha value is -3.22. The largest absolute Gasteiger partial charge is 0.382 e. The number of nitrogens with zero attached hydrogens (tertiary/aromatic N) is 1. The number of hydrogen-bond acceptors (Lipinski definition) is 7. The van der Waals surface area contributed by atoms with Gasteiger partial charge in [0.1, 0.15) is 18.9 Å². The number of imide groups is 1. The van der Waals surface area contributed by atoms with Gasteiger partial charge in [-0.25, -0.2) is 0 Å². The van der Waals surface area contributed by atoms with Crippen LogP contribution in [0.3, 0.4) is 0 Å². The summed E-state index contributed by atoms with van der Waals surface area (Å²) in [6.07, 6.45) is 5.85. The monoisotopic (exact) mass is 415 g/mol. The quantitative estimate of drug-likeness (QED) is 0.208. The van der Waals surface area contributed by atoms with Crippen molar-refractivity contribution in [2.24, 2.45) is 0 Å². The molecule has 1 aliphatic heterocycles. The number of nitrogens with one attached hydrogen (secondary N) is 2. The molecule has 0 fully saturated rings. The van der Waals surface area contributed by atoms with Crippen LogP contribution in [-0.2, 0) is 19.1 Å². The average molecular weight is 415 g/mol. The highest BCUT2D eigenvalue weighted by Crippen LogP contribution is 2.31. The summed E-state index contributed by atoms with van der Waals surface area (Å²) in [5.74, 6) is 0.738. The molecule has 3 amide bonds. The van der Waals surface area contributed by atoms with Gasteiger partial charge in [-0.2, -0.15) is 0 Å². The van der Waals surface area contributed by atoms with Gasteiger partial charge in [0, 0.05) is 25.7 Å². The summed E-state index contributed by atoms with van der Waals surface area (Å²) in [4.78, 5) is 49.8. The van der Waals surface area contributed by atoms with E-state index in [9.17, 15) is 19.2 Å². The van der Waals surface area contributed by atoms with E-state index in [1.54, 1.807) is 18.2 Å². The van der Waals surface area contributed by atoms with E-state index in [1.165, 1.54) is 7.05 Å². The van der Waals surface area contributed by atoms with Gasteiger partial charge in [-0.05, 0) is 18.6 Å². The number of hydrogen-bond donors (Lipinski definition) is 2. The van der Waals surface area contributed by atoms with Gasteiger partial charge < -0.3 is 24.9 Å². The zero-order valence-electron chi connectivity index (χ0n) is 16.8. The molecule has 30 heavy (non-hydrogen) atoms. The van der Waals surface area contributed by atoms with Crippen molar-refractivity contribution >= 4 is 29.7 Å². The predicted octanol–water partition coefficient (Wildman–Crippen LogP) is 0.455. The minimum absolute atomic E-state index is 0.0546. The molecule has 1 unspecified atom stereocenters. The molecule has 2 rings (SSSR count). The summed E-state index contributed by atoms with van der Waals surface area (Å²) in [6, 6.07) is 3.83. The van der Waals surface area contributed by atoms with Crippen LogP contribution >= 0.6 is 0 Å². The Balaban J connectivity index is 2.06. The second-order valence-electron chi connectivity index (χ2n) is 6.38. The highest BCUT2D eigenvalue weighted by Gasteiger charge is 2.43. The maximum atomic E-state index is 13.0. The Morgan fingerprint density at radius 3 is 2.70 bits per heavy atom. The van der Waals surface area contributed by atoms with Crippen LogP contribution in [0.25, 0.3) is 0 Å². The van der Waals surface area contributed by atoms with E-state index in [2.05, 4.69) is 16.6 Å². The first-order valence-electron chi connectivity index (χ1n) is 9.55. The Bertz CT molecular complexity index is 833. The van der Waals surface area contributed by atoms with E-state index < -0.39 is 23.8 Å². The lowest BCUT2D eigenvalue weighted by Crippen LogP contribution is -2.48. The highest BCUT2D eigenvalue weighted by molar-refractivity contribution is 6.25. The van der Waals surface area contributed by atoms with E-state index >= 15 is 0 Å². The Morgan fingerprint density at radius 1 is 1.23 bits per heavy atom. The highest BCUT2D eigenvalue weighted by atomic mass is 16.5. The lowest BCUT2D eigenvalue weighted by molar-refractivity contribution is -0.124. The third-order valence-corrected chi connectivity index (χ3v) is 4.48. The summed E-state index contributed by atoms with van der Waals surface area (Å²) in [5.41, 5.74) is 0.903. The third kappa shape index (κ3) is 5.43. The Kier molecular flexibility index (Phi) is 9.00. The molecule has 0 saturated heterocycles. The molecule has 160 valence electrons. The number of amides is 3. The molecule has 2 N–H and O–H groups in total. The van der Waals surface area contributed by atoms with Crippen LogP contribution < -0.4 is 10.6 Å². The second kappa shape index (κ2) is 11.7. The fourth-order valence-electron chi connectivity index (χ4n) is 3.11. The minimum atomic E-state index is -1.05. The number of anilines is 1. The minimum Gasteiger partial charge on any atom is -0.382 e. The summed E-state index contributed by atoms with van der Waals surface area (Å²) in [6.45, 7) is 1.75. The molecule has 9 heteroatoms. The van der Waals surface area contributed by atoms with Crippen molar-refractivity contribution in [2.75, 3.05) is 45.3 Å². The number of aldehydes is 1. The lowest BCUT2D eigenvalue weighted by atomic mass is 10.1. The molecule has 9 nitrogen and oxygen atoms in total.